The summed E-state index contributed by atoms with van der Waals surface area (Å²) in [7, 11) is 0. The lowest BCUT2D eigenvalue weighted by atomic mass is 10.3. The molecule has 0 spiro atoms. The first-order valence-electron chi connectivity index (χ1n) is 6.22. The third-order valence-corrected chi connectivity index (χ3v) is 3.38. The van der Waals surface area contributed by atoms with Crippen molar-refractivity contribution in [1.29, 1.82) is 0 Å². The summed E-state index contributed by atoms with van der Waals surface area (Å²) in [5.41, 5.74) is 2.28. The molecule has 0 radical (unpaired) electrons. The van der Waals surface area contributed by atoms with Crippen LogP contribution in [-0.2, 0) is 17.9 Å². The highest BCUT2D eigenvalue weighted by atomic mass is 32.1. The van der Waals surface area contributed by atoms with Crippen LogP contribution >= 0.6 is 11.3 Å². The molecule has 4 nitrogen and oxygen atoms in total. The minimum absolute atomic E-state index is 0.0571. The predicted molar refractivity (Wildman–Crippen MR) is 76.7 cm³/mol. The van der Waals surface area contributed by atoms with Crippen molar-refractivity contribution in [2.24, 2.45) is 0 Å². The Bertz CT molecular complexity index is 485. The van der Waals surface area contributed by atoms with Crippen molar-refractivity contribution in [2.45, 2.75) is 19.5 Å². The van der Waals surface area contributed by atoms with Crippen LogP contribution in [-0.4, -0.2) is 17.4 Å². The van der Waals surface area contributed by atoms with Gasteiger partial charge in [0.25, 0.3) is 0 Å². The molecule has 0 aliphatic carbocycles. The van der Waals surface area contributed by atoms with E-state index in [9.17, 15) is 4.79 Å². The first-order chi connectivity index (χ1) is 9.34. The second-order valence-corrected chi connectivity index (χ2v) is 4.98. The monoisotopic (exact) mass is 275 g/mol. The Kier molecular flexibility index (Phi) is 5.52. The third-order valence-electron chi connectivity index (χ3n) is 2.65. The van der Waals surface area contributed by atoms with Crippen LogP contribution in [0.4, 0.5) is 0 Å². The molecule has 100 valence electrons. The zero-order valence-electron chi connectivity index (χ0n) is 10.6. The van der Waals surface area contributed by atoms with E-state index in [0.29, 0.717) is 19.5 Å². The minimum Gasteiger partial charge on any atom is -0.352 e. The summed E-state index contributed by atoms with van der Waals surface area (Å²) in [6.45, 7) is 2.05. The maximum Gasteiger partial charge on any atom is 0.221 e. The Labute approximate surface area is 116 Å². The van der Waals surface area contributed by atoms with Gasteiger partial charge in [0.05, 0.1) is 0 Å². The first kappa shape index (κ1) is 13.7. The summed E-state index contributed by atoms with van der Waals surface area (Å²) in [6, 6.07) is 5.89. The Morgan fingerprint density at radius 3 is 2.95 bits per heavy atom. The molecule has 0 aromatic carbocycles. The molecule has 2 N–H and O–H groups in total. The van der Waals surface area contributed by atoms with Crippen LogP contribution < -0.4 is 10.6 Å². The lowest BCUT2D eigenvalue weighted by Gasteiger charge is -2.06. The number of rotatable bonds is 7. The molecule has 0 unspecified atom stereocenters. The number of carbonyl (C=O) groups is 1. The van der Waals surface area contributed by atoms with Crippen molar-refractivity contribution < 1.29 is 4.79 Å². The number of thiophene rings is 1. The number of carbonyl (C=O) groups excluding carboxylic acids is 1. The first-order valence-corrected chi connectivity index (χ1v) is 7.16. The zero-order valence-corrected chi connectivity index (χ0v) is 11.5. The van der Waals surface area contributed by atoms with E-state index in [1.54, 1.807) is 23.7 Å². The van der Waals surface area contributed by atoms with Crippen LogP contribution in [0.1, 0.15) is 17.5 Å². The highest BCUT2D eigenvalue weighted by Crippen LogP contribution is 2.04. The van der Waals surface area contributed by atoms with E-state index in [0.717, 1.165) is 12.1 Å². The summed E-state index contributed by atoms with van der Waals surface area (Å²) >= 11 is 1.68. The van der Waals surface area contributed by atoms with Gasteiger partial charge >= 0.3 is 0 Å². The van der Waals surface area contributed by atoms with Crippen LogP contribution in [0.5, 0.6) is 0 Å². The topological polar surface area (TPSA) is 54.0 Å². The van der Waals surface area contributed by atoms with Crippen LogP contribution in [0, 0.1) is 0 Å². The number of amides is 1. The zero-order chi connectivity index (χ0) is 13.3. The van der Waals surface area contributed by atoms with E-state index in [-0.39, 0.29) is 5.91 Å². The molecule has 0 fully saturated rings. The summed E-state index contributed by atoms with van der Waals surface area (Å²) in [5, 5.41) is 10.3. The van der Waals surface area contributed by atoms with Gasteiger partial charge in [-0.1, -0.05) is 6.07 Å². The molecule has 0 saturated carbocycles. The Morgan fingerprint density at radius 1 is 1.26 bits per heavy atom. The lowest BCUT2D eigenvalue weighted by molar-refractivity contribution is -0.121. The van der Waals surface area contributed by atoms with Crippen LogP contribution in [0.3, 0.4) is 0 Å². The molecule has 0 saturated heterocycles. The van der Waals surface area contributed by atoms with Crippen LogP contribution in [0.2, 0.25) is 0 Å². The molecule has 0 atom stereocenters. The second-order valence-electron chi connectivity index (χ2n) is 4.20. The van der Waals surface area contributed by atoms with E-state index in [1.165, 1.54) is 5.56 Å². The molecule has 2 aromatic heterocycles. The molecule has 0 aliphatic rings. The van der Waals surface area contributed by atoms with Crippen molar-refractivity contribution in [1.82, 2.24) is 15.6 Å². The van der Waals surface area contributed by atoms with Gasteiger partial charge in [-0.3, -0.25) is 9.78 Å². The Hall–Kier alpha value is -1.72. The molecular weight excluding hydrogens is 258 g/mol. The van der Waals surface area contributed by atoms with Gasteiger partial charge in [0, 0.05) is 38.4 Å². The van der Waals surface area contributed by atoms with Gasteiger partial charge < -0.3 is 10.6 Å². The number of hydrogen-bond acceptors (Lipinski definition) is 4. The number of aromatic nitrogens is 1. The molecule has 1 amide bonds. The van der Waals surface area contributed by atoms with Gasteiger partial charge in [0.1, 0.15) is 0 Å². The highest BCUT2D eigenvalue weighted by molar-refractivity contribution is 7.07. The van der Waals surface area contributed by atoms with Gasteiger partial charge in [0.15, 0.2) is 0 Å². The molecule has 2 rings (SSSR count). The summed E-state index contributed by atoms with van der Waals surface area (Å²) in [6.07, 6.45) is 3.97. The summed E-state index contributed by atoms with van der Waals surface area (Å²) < 4.78 is 0. The van der Waals surface area contributed by atoms with Crippen LogP contribution in [0.15, 0.2) is 41.4 Å². The van der Waals surface area contributed by atoms with Gasteiger partial charge in [-0.2, -0.15) is 11.3 Å². The van der Waals surface area contributed by atoms with Crippen molar-refractivity contribution >= 4 is 17.2 Å². The average molecular weight is 275 g/mol. The fourth-order valence-electron chi connectivity index (χ4n) is 1.62. The average Bonchev–Trinajstić information content (AvgIpc) is 2.96. The van der Waals surface area contributed by atoms with E-state index in [1.807, 2.05) is 12.1 Å². The lowest BCUT2D eigenvalue weighted by Crippen LogP contribution is -2.27. The van der Waals surface area contributed by atoms with E-state index in [4.69, 9.17) is 0 Å². The van der Waals surface area contributed by atoms with Crippen molar-refractivity contribution in [3.8, 4) is 0 Å². The van der Waals surface area contributed by atoms with E-state index >= 15 is 0 Å². The van der Waals surface area contributed by atoms with Crippen molar-refractivity contribution in [3.63, 3.8) is 0 Å². The maximum absolute atomic E-state index is 11.6. The third kappa shape index (κ3) is 5.19. The molecule has 2 aromatic rings. The Morgan fingerprint density at radius 2 is 2.21 bits per heavy atom. The number of nitrogens with one attached hydrogen (secondary N) is 2. The normalized spacial score (nSPS) is 10.3. The predicted octanol–water partition coefficient (Wildman–Crippen LogP) is 1.94. The molecule has 0 aliphatic heterocycles. The standard InChI is InChI=1S/C14H17N3OS/c18-14(17-10-12-2-1-5-15-8-12)3-6-16-9-13-4-7-19-11-13/h1-2,4-5,7-8,11,16H,3,6,9-10H2,(H,17,18). The smallest absolute Gasteiger partial charge is 0.221 e. The number of pyridine rings is 1. The van der Waals surface area contributed by atoms with Crippen molar-refractivity contribution in [2.75, 3.05) is 6.54 Å². The van der Waals surface area contributed by atoms with Gasteiger partial charge in [-0.05, 0) is 34.0 Å². The number of nitrogens with zero attached hydrogens (tertiary/aromatic N) is 1. The maximum atomic E-state index is 11.6. The van der Waals surface area contributed by atoms with Crippen molar-refractivity contribution in [3.05, 3.63) is 52.5 Å². The molecular formula is C14H17N3OS. The summed E-state index contributed by atoms with van der Waals surface area (Å²) in [4.78, 5) is 15.6. The van der Waals surface area contributed by atoms with E-state index < -0.39 is 0 Å². The highest BCUT2D eigenvalue weighted by Gasteiger charge is 2.01. The van der Waals surface area contributed by atoms with E-state index in [2.05, 4.69) is 32.4 Å². The van der Waals surface area contributed by atoms with Gasteiger partial charge in [0.2, 0.25) is 5.91 Å². The molecule has 0 bridgehead atoms. The van der Waals surface area contributed by atoms with Crippen LogP contribution in [0.25, 0.3) is 0 Å². The van der Waals surface area contributed by atoms with Gasteiger partial charge in [-0.25, -0.2) is 0 Å². The fraction of sp³-hybridized carbons (Fsp3) is 0.286. The molecule has 5 heteroatoms. The minimum atomic E-state index is 0.0571. The molecule has 2 heterocycles. The summed E-state index contributed by atoms with van der Waals surface area (Å²) in [5.74, 6) is 0.0571. The largest absolute Gasteiger partial charge is 0.352 e. The SMILES string of the molecule is O=C(CCNCc1ccsc1)NCc1cccnc1. The Balaban J connectivity index is 1.57. The molecule has 19 heavy (non-hydrogen) atoms. The quantitative estimate of drug-likeness (QED) is 0.759. The fourth-order valence-corrected chi connectivity index (χ4v) is 2.29. The second kappa shape index (κ2) is 7.66. The number of hydrogen-bond donors (Lipinski definition) is 2. The van der Waals surface area contributed by atoms with Gasteiger partial charge in [-0.15, -0.1) is 0 Å².